The zero-order valence-electron chi connectivity index (χ0n) is 30.9. The molecule has 0 saturated heterocycles. The molecule has 0 aliphatic heterocycles. The van der Waals surface area contributed by atoms with Crippen LogP contribution in [0.15, 0.2) is 48.6 Å². The number of hydrogen-bond donors (Lipinski definition) is 3. The van der Waals surface area contributed by atoms with Gasteiger partial charge >= 0.3 is 13.8 Å². The van der Waals surface area contributed by atoms with Gasteiger partial charge in [0.25, 0.3) is 0 Å². The van der Waals surface area contributed by atoms with Crippen LogP contribution in [0.4, 0.5) is 0 Å². The van der Waals surface area contributed by atoms with Crippen LogP contribution in [0.5, 0.6) is 0 Å². The van der Waals surface area contributed by atoms with Crippen molar-refractivity contribution in [2.75, 3.05) is 33.0 Å². The smallest absolute Gasteiger partial charge is 0.457 e. The first kappa shape index (κ1) is 47.4. The molecule has 3 unspecified atom stereocenters. The first-order valence-corrected chi connectivity index (χ1v) is 20.6. The number of phosphoric acid groups is 1. The summed E-state index contributed by atoms with van der Waals surface area (Å²) in [6.45, 7) is 3.33. The fraction of sp³-hybridized carbons (Fsp3) is 0.769. The van der Waals surface area contributed by atoms with E-state index in [0.717, 1.165) is 70.6 Å². The molecular weight excluding hydrogens is 643 g/mol. The van der Waals surface area contributed by atoms with Crippen molar-refractivity contribution in [2.24, 2.45) is 0 Å². The van der Waals surface area contributed by atoms with E-state index in [9.17, 15) is 19.4 Å². The Labute approximate surface area is 298 Å². The van der Waals surface area contributed by atoms with Gasteiger partial charge in [0.1, 0.15) is 12.2 Å². The van der Waals surface area contributed by atoms with Crippen LogP contribution >= 0.6 is 7.82 Å². The molecule has 0 amide bonds. The predicted molar refractivity (Wildman–Crippen MR) is 200 cm³/mol. The summed E-state index contributed by atoms with van der Waals surface area (Å²) >= 11 is 0. The molecule has 3 N–H and O–H groups in total. The number of unbranched alkanes of at least 4 members (excludes halogenated alkanes) is 14. The van der Waals surface area contributed by atoms with Crippen LogP contribution in [-0.4, -0.2) is 66.3 Å². The van der Waals surface area contributed by atoms with E-state index in [1.165, 1.54) is 57.8 Å². The van der Waals surface area contributed by atoms with Gasteiger partial charge in [-0.15, -0.1) is 0 Å². The highest BCUT2D eigenvalue weighted by molar-refractivity contribution is 7.47. The van der Waals surface area contributed by atoms with Crippen molar-refractivity contribution in [3.63, 3.8) is 0 Å². The molecule has 9 nitrogen and oxygen atoms in total. The second kappa shape index (κ2) is 36.2. The van der Waals surface area contributed by atoms with E-state index in [1.54, 1.807) is 0 Å². The number of allylic oxidation sites excluding steroid dienone is 8. The molecule has 0 bridgehead atoms. The summed E-state index contributed by atoms with van der Waals surface area (Å²) < 4.78 is 33.1. The fourth-order valence-electron chi connectivity index (χ4n) is 4.87. The Morgan fingerprint density at radius 1 is 0.653 bits per heavy atom. The lowest BCUT2D eigenvalue weighted by atomic mass is 10.1. The molecular formula is C39H71O9P. The third-order valence-electron chi connectivity index (χ3n) is 7.78. The number of rotatable bonds is 36. The maximum absolute atomic E-state index is 12.5. The second-order valence-electron chi connectivity index (χ2n) is 12.6. The molecule has 10 heteroatoms. The Hall–Kier alpha value is -1.58. The SMILES string of the molecule is CC/C=C\C/C=C\C/C=C\C/C=C\CCCCCCCCCOCC(COP(=O)(O)OCC(O)CO)OC(=O)CCCCCCCCCC. The van der Waals surface area contributed by atoms with E-state index in [4.69, 9.17) is 23.6 Å². The van der Waals surface area contributed by atoms with Crippen molar-refractivity contribution in [1.29, 1.82) is 0 Å². The van der Waals surface area contributed by atoms with Crippen LogP contribution < -0.4 is 0 Å². The molecule has 0 heterocycles. The minimum Gasteiger partial charge on any atom is -0.457 e. The van der Waals surface area contributed by atoms with Crippen molar-refractivity contribution in [2.45, 2.75) is 161 Å². The molecule has 0 aliphatic rings. The summed E-state index contributed by atoms with van der Waals surface area (Å²) in [5, 5.41) is 18.3. The molecule has 0 rings (SSSR count). The average molecular weight is 715 g/mol. The van der Waals surface area contributed by atoms with Crippen molar-refractivity contribution in [3.8, 4) is 0 Å². The number of esters is 1. The minimum absolute atomic E-state index is 0.0414. The zero-order chi connectivity index (χ0) is 36.1. The van der Waals surface area contributed by atoms with Crippen LogP contribution in [0.1, 0.15) is 149 Å². The number of aliphatic hydroxyl groups excluding tert-OH is 2. The van der Waals surface area contributed by atoms with Crippen LogP contribution in [0, 0.1) is 0 Å². The Kier molecular flexibility index (Phi) is 35.1. The van der Waals surface area contributed by atoms with Crippen LogP contribution in [0.3, 0.4) is 0 Å². The number of ether oxygens (including phenoxy) is 2. The van der Waals surface area contributed by atoms with Crippen molar-refractivity contribution in [1.82, 2.24) is 0 Å². The predicted octanol–water partition coefficient (Wildman–Crippen LogP) is 9.86. The average Bonchev–Trinajstić information content (AvgIpc) is 3.09. The monoisotopic (exact) mass is 714 g/mol. The normalized spacial score (nSPS) is 14.8. The molecule has 3 atom stereocenters. The van der Waals surface area contributed by atoms with E-state index < -0.39 is 39.2 Å². The lowest BCUT2D eigenvalue weighted by Crippen LogP contribution is -2.29. The molecule has 0 radical (unpaired) electrons. The first-order valence-electron chi connectivity index (χ1n) is 19.1. The van der Waals surface area contributed by atoms with Gasteiger partial charge in [0, 0.05) is 13.0 Å². The van der Waals surface area contributed by atoms with Crippen LogP contribution in [0.25, 0.3) is 0 Å². The number of carbonyl (C=O) groups is 1. The van der Waals surface area contributed by atoms with Gasteiger partial charge in [0.15, 0.2) is 0 Å². The van der Waals surface area contributed by atoms with Crippen molar-refractivity contribution < 1.29 is 43.0 Å². The van der Waals surface area contributed by atoms with E-state index in [-0.39, 0.29) is 19.6 Å². The number of carbonyl (C=O) groups excluding carboxylic acids is 1. The second-order valence-corrected chi connectivity index (χ2v) is 14.0. The third-order valence-corrected chi connectivity index (χ3v) is 8.73. The van der Waals surface area contributed by atoms with Crippen LogP contribution in [-0.2, 0) is 27.9 Å². The molecule has 0 spiro atoms. The lowest BCUT2D eigenvalue weighted by molar-refractivity contribution is -0.154. The molecule has 0 aromatic rings. The summed E-state index contributed by atoms with van der Waals surface area (Å²) in [5.41, 5.74) is 0. The van der Waals surface area contributed by atoms with E-state index in [0.29, 0.717) is 6.61 Å². The van der Waals surface area contributed by atoms with Gasteiger partial charge in [-0.1, -0.05) is 140 Å². The number of hydrogen-bond acceptors (Lipinski definition) is 8. The molecule has 0 aromatic heterocycles. The van der Waals surface area contributed by atoms with Crippen LogP contribution in [0.2, 0.25) is 0 Å². The van der Waals surface area contributed by atoms with Gasteiger partial charge in [-0.3, -0.25) is 13.8 Å². The highest BCUT2D eigenvalue weighted by Gasteiger charge is 2.26. The largest absolute Gasteiger partial charge is 0.472 e. The minimum atomic E-state index is -4.51. The summed E-state index contributed by atoms with van der Waals surface area (Å²) in [4.78, 5) is 22.4. The number of aliphatic hydroxyl groups is 2. The van der Waals surface area contributed by atoms with Gasteiger partial charge in [-0.05, 0) is 51.4 Å². The maximum Gasteiger partial charge on any atom is 0.472 e. The lowest BCUT2D eigenvalue weighted by Gasteiger charge is -2.20. The zero-order valence-corrected chi connectivity index (χ0v) is 31.8. The summed E-state index contributed by atoms with van der Waals surface area (Å²) in [7, 11) is -4.51. The molecule has 0 aromatic carbocycles. The summed E-state index contributed by atoms with van der Waals surface area (Å²) in [5.74, 6) is -0.394. The highest BCUT2D eigenvalue weighted by atomic mass is 31.2. The van der Waals surface area contributed by atoms with Gasteiger partial charge < -0.3 is 24.6 Å². The van der Waals surface area contributed by atoms with Gasteiger partial charge in [0.2, 0.25) is 0 Å². The Balaban J connectivity index is 4.15. The Morgan fingerprint density at radius 3 is 1.76 bits per heavy atom. The van der Waals surface area contributed by atoms with E-state index in [1.807, 2.05) is 0 Å². The maximum atomic E-state index is 12.5. The van der Waals surface area contributed by atoms with Gasteiger partial charge in [-0.2, -0.15) is 0 Å². The summed E-state index contributed by atoms with van der Waals surface area (Å²) in [6, 6.07) is 0. The first-order chi connectivity index (χ1) is 23.8. The number of phosphoric ester groups is 1. The molecule has 49 heavy (non-hydrogen) atoms. The highest BCUT2D eigenvalue weighted by Crippen LogP contribution is 2.43. The fourth-order valence-corrected chi connectivity index (χ4v) is 5.66. The standard InChI is InChI=1S/C39H71O9P/c1-3-5-7-9-11-13-14-15-16-17-18-19-20-21-22-23-24-26-28-30-32-45-35-38(36-47-49(43,44)46-34-37(41)33-40)48-39(42)31-29-27-25-12-10-8-6-4-2/h5,7,11,13,15-16,18-19,37-38,40-41H,3-4,6,8-10,12,14,17,20-36H2,1-2H3,(H,43,44)/b7-5-,13-11-,16-15-,19-18-. The molecule has 0 fully saturated rings. The molecule has 286 valence electrons. The molecule has 0 saturated carbocycles. The van der Waals surface area contributed by atoms with E-state index in [2.05, 4.69) is 62.5 Å². The Morgan fingerprint density at radius 2 is 1.16 bits per heavy atom. The van der Waals surface area contributed by atoms with Gasteiger partial charge in [0.05, 0.1) is 26.4 Å². The van der Waals surface area contributed by atoms with E-state index >= 15 is 0 Å². The van der Waals surface area contributed by atoms with Gasteiger partial charge in [-0.25, -0.2) is 4.57 Å². The third kappa shape index (κ3) is 36.0. The topological polar surface area (TPSA) is 132 Å². The van der Waals surface area contributed by atoms with Crippen molar-refractivity contribution in [3.05, 3.63) is 48.6 Å². The van der Waals surface area contributed by atoms with Crippen molar-refractivity contribution >= 4 is 13.8 Å². The Bertz CT molecular complexity index is 903. The quantitative estimate of drug-likeness (QED) is 0.0251. The molecule has 0 aliphatic carbocycles. The summed E-state index contributed by atoms with van der Waals surface area (Å²) in [6.07, 6.45) is 38.0.